The first-order valence-electron chi connectivity index (χ1n) is 5.44. The van der Waals surface area contributed by atoms with E-state index in [1.165, 1.54) is 0 Å². The number of benzene rings is 1. The maximum atomic E-state index is 12.0. The predicted octanol–water partition coefficient (Wildman–Crippen LogP) is 2.51. The first-order chi connectivity index (χ1) is 8.70. The zero-order valence-electron chi connectivity index (χ0n) is 9.84. The van der Waals surface area contributed by atoms with Gasteiger partial charge < -0.3 is 5.32 Å². The number of nitrogens with zero attached hydrogens (tertiary/aromatic N) is 2. The van der Waals surface area contributed by atoms with Crippen molar-refractivity contribution < 1.29 is 4.79 Å². The molecule has 0 aliphatic carbocycles. The van der Waals surface area contributed by atoms with Crippen LogP contribution in [0, 0.1) is 18.3 Å². The SMILES string of the molecule is Cc1ncccc1C(=O)Nc1cccc(C#N)c1. The third-order valence-electron chi connectivity index (χ3n) is 2.50. The normalized spacial score (nSPS) is 9.56. The molecule has 0 radical (unpaired) electrons. The van der Waals surface area contributed by atoms with E-state index >= 15 is 0 Å². The zero-order valence-corrected chi connectivity index (χ0v) is 9.84. The van der Waals surface area contributed by atoms with Crippen molar-refractivity contribution in [2.24, 2.45) is 0 Å². The minimum Gasteiger partial charge on any atom is -0.322 e. The second kappa shape index (κ2) is 5.11. The molecule has 1 aromatic heterocycles. The molecule has 1 N–H and O–H groups in total. The quantitative estimate of drug-likeness (QED) is 0.872. The highest BCUT2D eigenvalue weighted by atomic mass is 16.1. The van der Waals surface area contributed by atoms with Gasteiger partial charge in [-0.2, -0.15) is 5.26 Å². The molecule has 2 rings (SSSR count). The Hall–Kier alpha value is -2.67. The number of hydrogen-bond donors (Lipinski definition) is 1. The van der Waals surface area contributed by atoms with Gasteiger partial charge in [0, 0.05) is 17.6 Å². The lowest BCUT2D eigenvalue weighted by atomic mass is 10.1. The minimum atomic E-state index is -0.226. The van der Waals surface area contributed by atoms with Gasteiger partial charge >= 0.3 is 0 Å². The molecule has 0 aliphatic heterocycles. The van der Waals surface area contributed by atoms with Crippen LogP contribution in [0.3, 0.4) is 0 Å². The maximum Gasteiger partial charge on any atom is 0.257 e. The van der Waals surface area contributed by atoms with Crippen LogP contribution < -0.4 is 5.32 Å². The summed E-state index contributed by atoms with van der Waals surface area (Å²) in [5.74, 6) is -0.226. The molecule has 0 unspecified atom stereocenters. The molecule has 4 heteroatoms. The van der Waals surface area contributed by atoms with Gasteiger partial charge in [0.05, 0.1) is 17.2 Å². The van der Waals surface area contributed by atoms with E-state index in [1.807, 2.05) is 6.07 Å². The van der Waals surface area contributed by atoms with Gasteiger partial charge in [-0.1, -0.05) is 6.07 Å². The number of nitrogens with one attached hydrogen (secondary N) is 1. The highest BCUT2D eigenvalue weighted by molar-refractivity contribution is 6.05. The number of anilines is 1. The fraction of sp³-hybridized carbons (Fsp3) is 0.0714. The summed E-state index contributed by atoms with van der Waals surface area (Å²) in [7, 11) is 0. The van der Waals surface area contributed by atoms with Crippen LogP contribution in [0.4, 0.5) is 5.69 Å². The summed E-state index contributed by atoms with van der Waals surface area (Å²) in [6.45, 7) is 1.78. The lowest BCUT2D eigenvalue weighted by molar-refractivity contribution is 0.102. The van der Waals surface area contributed by atoms with E-state index in [4.69, 9.17) is 5.26 Å². The monoisotopic (exact) mass is 237 g/mol. The Balaban J connectivity index is 2.22. The Morgan fingerprint density at radius 1 is 1.33 bits per heavy atom. The summed E-state index contributed by atoms with van der Waals surface area (Å²) < 4.78 is 0. The van der Waals surface area contributed by atoms with Crippen LogP contribution in [-0.2, 0) is 0 Å². The van der Waals surface area contributed by atoms with Crippen LogP contribution in [0.5, 0.6) is 0 Å². The summed E-state index contributed by atoms with van der Waals surface area (Å²) in [5, 5.41) is 11.5. The van der Waals surface area contributed by atoms with Crippen LogP contribution in [0.15, 0.2) is 42.6 Å². The molecule has 0 atom stereocenters. The number of rotatable bonds is 2. The van der Waals surface area contributed by atoms with Crippen molar-refractivity contribution in [3.05, 3.63) is 59.4 Å². The number of hydrogen-bond acceptors (Lipinski definition) is 3. The Bertz CT molecular complexity index is 629. The average Bonchev–Trinajstić information content (AvgIpc) is 2.39. The molecule has 0 spiro atoms. The fourth-order valence-electron chi connectivity index (χ4n) is 1.59. The molecule has 0 saturated carbocycles. The van der Waals surface area contributed by atoms with Gasteiger partial charge in [-0.25, -0.2) is 0 Å². The van der Waals surface area contributed by atoms with E-state index in [0.717, 1.165) is 0 Å². The van der Waals surface area contributed by atoms with Crippen molar-refractivity contribution >= 4 is 11.6 Å². The summed E-state index contributed by atoms with van der Waals surface area (Å²) in [4.78, 5) is 16.1. The topological polar surface area (TPSA) is 65.8 Å². The molecule has 0 saturated heterocycles. The Labute approximate surface area is 105 Å². The molecule has 88 valence electrons. The Kier molecular flexibility index (Phi) is 3.35. The predicted molar refractivity (Wildman–Crippen MR) is 68.1 cm³/mol. The number of aryl methyl sites for hydroxylation is 1. The third kappa shape index (κ3) is 2.53. The Morgan fingerprint density at radius 2 is 2.17 bits per heavy atom. The van der Waals surface area contributed by atoms with E-state index in [1.54, 1.807) is 49.5 Å². The van der Waals surface area contributed by atoms with Crippen molar-refractivity contribution in [3.8, 4) is 6.07 Å². The minimum absolute atomic E-state index is 0.226. The standard InChI is InChI=1S/C14H11N3O/c1-10-13(6-3-7-16-10)14(18)17-12-5-2-4-11(8-12)9-15/h2-8H,1H3,(H,17,18). The van der Waals surface area contributed by atoms with E-state index in [9.17, 15) is 4.79 Å². The van der Waals surface area contributed by atoms with Gasteiger partial charge in [0.2, 0.25) is 0 Å². The van der Waals surface area contributed by atoms with Crippen molar-refractivity contribution in [1.29, 1.82) is 5.26 Å². The molecule has 0 aliphatic rings. The van der Waals surface area contributed by atoms with Gasteiger partial charge in [0.15, 0.2) is 0 Å². The molecule has 4 nitrogen and oxygen atoms in total. The van der Waals surface area contributed by atoms with Crippen LogP contribution in [0.25, 0.3) is 0 Å². The van der Waals surface area contributed by atoms with Gasteiger partial charge in [-0.15, -0.1) is 0 Å². The van der Waals surface area contributed by atoms with Crippen molar-refractivity contribution in [3.63, 3.8) is 0 Å². The summed E-state index contributed by atoms with van der Waals surface area (Å²) >= 11 is 0. The van der Waals surface area contributed by atoms with E-state index < -0.39 is 0 Å². The second-order valence-electron chi connectivity index (χ2n) is 3.78. The smallest absolute Gasteiger partial charge is 0.257 e. The Morgan fingerprint density at radius 3 is 2.89 bits per heavy atom. The molecule has 1 amide bonds. The molecule has 0 bridgehead atoms. The first kappa shape index (κ1) is 11.8. The van der Waals surface area contributed by atoms with Crippen LogP contribution >= 0.6 is 0 Å². The van der Waals surface area contributed by atoms with Gasteiger partial charge in [-0.05, 0) is 37.3 Å². The first-order valence-corrected chi connectivity index (χ1v) is 5.44. The molecule has 1 aromatic carbocycles. The van der Waals surface area contributed by atoms with Crippen LogP contribution in [-0.4, -0.2) is 10.9 Å². The second-order valence-corrected chi connectivity index (χ2v) is 3.78. The van der Waals surface area contributed by atoms with Crippen LogP contribution in [0.1, 0.15) is 21.6 Å². The number of aromatic nitrogens is 1. The van der Waals surface area contributed by atoms with Crippen LogP contribution in [0.2, 0.25) is 0 Å². The van der Waals surface area contributed by atoms with Gasteiger partial charge in [0.1, 0.15) is 0 Å². The van der Waals surface area contributed by atoms with Gasteiger partial charge in [-0.3, -0.25) is 9.78 Å². The van der Waals surface area contributed by atoms with Crippen molar-refractivity contribution in [2.45, 2.75) is 6.92 Å². The zero-order chi connectivity index (χ0) is 13.0. The lowest BCUT2D eigenvalue weighted by Gasteiger charge is -2.06. The van der Waals surface area contributed by atoms with Gasteiger partial charge in [0.25, 0.3) is 5.91 Å². The number of amides is 1. The average molecular weight is 237 g/mol. The highest BCUT2D eigenvalue weighted by Gasteiger charge is 2.09. The van der Waals surface area contributed by atoms with E-state index in [2.05, 4.69) is 10.3 Å². The number of carbonyl (C=O) groups excluding carboxylic acids is 1. The molecule has 1 heterocycles. The fourth-order valence-corrected chi connectivity index (χ4v) is 1.59. The molecule has 2 aromatic rings. The summed E-state index contributed by atoms with van der Waals surface area (Å²) in [5.41, 5.74) is 2.31. The molecule has 0 fully saturated rings. The van der Waals surface area contributed by atoms with Crippen molar-refractivity contribution in [2.75, 3.05) is 5.32 Å². The summed E-state index contributed by atoms with van der Waals surface area (Å²) in [6.07, 6.45) is 1.64. The highest BCUT2D eigenvalue weighted by Crippen LogP contribution is 2.12. The number of nitriles is 1. The number of carbonyl (C=O) groups is 1. The third-order valence-corrected chi connectivity index (χ3v) is 2.50. The van der Waals surface area contributed by atoms with E-state index in [0.29, 0.717) is 22.5 Å². The van der Waals surface area contributed by atoms with Crippen molar-refractivity contribution in [1.82, 2.24) is 4.98 Å². The van der Waals surface area contributed by atoms with E-state index in [-0.39, 0.29) is 5.91 Å². The molecular weight excluding hydrogens is 226 g/mol. The summed E-state index contributed by atoms with van der Waals surface area (Å²) in [6, 6.07) is 12.2. The molecule has 18 heavy (non-hydrogen) atoms. The number of pyridine rings is 1. The molecular formula is C14H11N3O. The lowest BCUT2D eigenvalue weighted by Crippen LogP contribution is -2.13. The maximum absolute atomic E-state index is 12.0. The largest absolute Gasteiger partial charge is 0.322 e.